The van der Waals surface area contributed by atoms with E-state index in [-0.39, 0.29) is 5.41 Å². The molecule has 1 fully saturated rings. The van der Waals surface area contributed by atoms with Crippen LogP contribution in [0.5, 0.6) is 0 Å². The second-order valence-electron chi connectivity index (χ2n) is 7.32. The van der Waals surface area contributed by atoms with Gasteiger partial charge in [0, 0.05) is 11.1 Å². The van der Waals surface area contributed by atoms with E-state index in [1.165, 1.54) is 31.2 Å². The Labute approximate surface area is 135 Å². The summed E-state index contributed by atoms with van der Waals surface area (Å²) in [6.07, 6.45) is 5.16. The van der Waals surface area contributed by atoms with Crippen LogP contribution >= 0.6 is 11.6 Å². The molecule has 0 spiro atoms. The molecule has 0 amide bonds. The van der Waals surface area contributed by atoms with Crippen LogP contribution in [0.25, 0.3) is 0 Å². The van der Waals surface area contributed by atoms with Gasteiger partial charge in [-0.05, 0) is 60.8 Å². The molecule has 0 aromatic heterocycles. The maximum Gasteiger partial charge on any atom is 0.0408 e. The zero-order chi connectivity index (χ0) is 15.5. The molecule has 1 nitrogen and oxygen atoms in total. The average molecular weight is 308 g/mol. The molecule has 1 saturated carbocycles. The van der Waals surface area contributed by atoms with Crippen LogP contribution in [0, 0.1) is 11.8 Å². The van der Waals surface area contributed by atoms with Gasteiger partial charge >= 0.3 is 0 Å². The topological polar surface area (TPSA) is 12.0 Å². The first-order chi connectivity index (χ1) is 9.95. The minimum atomic E-state index is 0.163. The Morgan fingerprint density at radius 1 is 1.29 bits per heavy atom. The normalized spacial score (nSPS) is 26.8. The Balaban J connectivity index is 2.22. The molecule has 2 rings (SSSR count). The monoisotopic (exact) mass is 307 g/mol. The van der Waals surface area contributed by atoms with Crippen molar-refractivity contribution >= 4 is 11.6 Å². The standard InChI is InChI=1S/C19H30ClN/c1-5-11-21-18-12-14(2)9-10-17(18)19(3,4)15-7-6-8-16(20)13-15/h6-8,13-14,17-18,21H,5,9-12H2,1-4H3. The Bertz CT molecular complexity index is 455. The highest BCUT2D eigenvalue weighted by molar-refractivity contribution is 6.30. The molecule has 3 atom stereocenters. The van der Waals surface area contributed by atoms with Gasteiger partial charge in [-0.3, -0.25) is 0 Å². The van der Waals surface area contributed by atoms with Crippen molar-refractivity contribution in [3.63, 3.8) is 0 Å². The van der Waals surface area contributed by atoms with Gasteiger partial charge in [-0.25, -0.2) is 0 Å². The third kappa shape index (κ3) is 4.02. The molecule has 0 aliphatic heterocycles. The van der Waals surface area contributed by atoms with E-state index >= 15 is 0 Å². The van der Waals surface area contributed by atoms with Crippen molar-refractivity contribution in [3.8, 4) is 0 Å². The van der Waals surface area contributed by atoms with Crippen LogP contribution in [0.3, 0.4) is 0 Å². The minimum Gasteiger partial charge on any atom is -0.314 e. The van der Waals surface area contributed by atoms with E-state index in [0.717, 1.165) is 17.5 Å². The second-order valence-corrected chi connectivity index (χ2v) is 7.75. The van der Waals surface area contributed by atoms with Crippen molar-refractivity contribution in [1.29, 1.82) is 0 Å². The van der Waals surface area contributed by atoms with E-state index in [1.54, 1.807) is 0 Å². The summed E-state index contributed by atoms with van der Waals surface area (Å²) in [5.74, 6) is 1.52. The number of benzene rings is 1. The molecule has 2 heteroatoms. The third-order valence-electron chi connectivity index (χ3n) is 5.26. The quantitative estimate of drug-likeness (QED) is 0.765. The van der Waals surface area contributed by atoms with Gasteiger partial charge in [-0.1, -0.05) is 57.8 Å². The van der Waals surface area contributed by atoms with Crippen molar-refractivity contribution in [2.45, 2.75) is 64.8 Å². The van der Waals surface area contributed by atoms with E-state index < -0.39 is 0 Å². The van der Waals surface area contributed by atoms with Gasteiger partial charge in [0.25, 0.3) is 0 Å². The van der Waals surface area contributed by atoms with Crippen LogP contribution in [-0.2, 0) is 5.41 Å². The van der Waals surface area contributed by atoms with Crippen molar-refractivity contribution in [2.24, 2.45) is 11.8 Å². The predicted molar refractivity (Wildman–Crippen MR) is 93.1 cm³/mol. The van der Waals surface area contributed by atoms with E-state index in [4.69, 9.17) is 11.6 Å². The molecule has 1 aromatic carbocycles. The molecule has 1 N–H and O–H groups in total. The first-order valence-corrected chi connectivity index (χ1v) is 8.82. The maximum atomic E-state index is 6.22. The lowest BCUT2D eigenvalue weighted by molar-refractivity contribution is 0.145. The van der Waals surface area contributed by atoms with Gasteiger partial charge in [0.05, 0.1) is 0 Å². The number of halogens is 1. The predicted octanol–water partition coefficient (Wildman–Crippen LogP) is 5.42. The van der Waals surface area contributed by atoms with Crippen molar-refractivity contribution in [2.75, 3.05) is 6.54 Å². The van der Waals surface area contributed by atoms with E-state index in [0.29, 0.717) is 12.0 Å². The fourth-order valence-electron chi connectivity index (χ4n) is 3.90. The molecule has 0 saturated heterocycles. The largest absolute Gasteiger partial charge is 0.314 e. The molecule has 1 aliphatic rings. The fourth-order valence-corrected chi connectivity index (χ4v) is 4.09. The van der Waals surface area contributed by atoms with Crippen molar-refractivity contribution in [3.05, 3.63) is 34.9 Å². The molecule has 0 heterocycles. The fraction of sp³-hybridized carbons (Fsp3) is 0.684. The minimum absolute atomic E-state index is 0.163. The summed E-state index contributed by atoms with van der Waals surface area (Å²) >= 11 is 6.22. The lowest BCUT2D eigenvalue weighted by Gasteiger charge is -2.45. The Kier molecular flexibility index (Phi) is 5.73. The summed E-state index contributed by atoms with van der Waals surface area (Å²) in [5.41, 5.74) is 1.54. The van der Waals surface area contributed by atoms with Crippen molar-refractivity contribution < 1.29 is 0 Å². The van der Waals surface area contributed by atoms with Gasteiger partial charge < -0.3 is 5.32 Å². The zero-order valence-corrected chi connectivity index (χ0v) is 14.7. The summed E-state index contributed by atoms with van der Waals surface area (Å²) in [4.78, 5) is 0. The first kappa shape index (κ1) is 16.8. The van der Waals surface area contributed by atoms with Crippen LogP contribution in [0.1, 0.15) is 58.9 Å². The van der Waals surface area contributed by atoms with Crippen LogP contribution in [0.15, 0.2) is 24.3 Å². The van der Waals surface area contributed by atoms with Crippen molar-refractivity contribution in [1.82, 2.24) is 5.32 Å². The SMILES string of the molecule is CCCNC1CC(C)CCC1C(C)(C)c1cccc(Cl)c1. The maximum absolute atomic E-state index is 6.22. The first-order valence-electron chi connectivity index (χ1n) is 8.44. The summed E-state index contributed by atoms with van der Waals surface area (Å²) in [6, 6.07) is 9.07. The summed E-state index contributed by atoms with van der Waals surface area (Å²) in [7, 11) is 0. The highest BCUT2D eigenvalue weighted by Crippen LogP contribution is 2.42. The second kappa shape index (κ2) is 7.15. The Morgan fingerprint density at radius 3 is 2.71 bits per heavy atom. The molecule has 0 bridgehead atoms. The number of hydrogen-bond donors (Lipinski definition) is 1. The van der Waals surface area contributed by atoms with Crippen LogP contribution < -0.4 is 5.32 Å². The molecular weight excluding hydrogens is 278 g/mol. The van der Waals surface area contributed by atoms with E-state index in [1.807, 2.05) is 6.07 Å². The Hall–Kier alpha value is -0.530. The summed E-state index contributed by atoms with van der Waals surface area (Å²) < 4.78 is 0. The molecule has 1 aliphatic carbocycles. The Morgan fingerprint density at radius 2 is 2.05 bits per heavy atom. The highest BCUT2D eigenvalue weighted by Gasteiger charge is 2.39. The average Bonchev–Trinajstić information content (AvgIpc) is 2.45. The number of rotatable bonds is 5. The van der Waals surface area contributed by atoms with Gasteiger partial charge in [0.1, 0.15) is 0 Å². The van der Waals surface area contributed by atoms with Crippen LogP contribution in [-0.4, -0.2) is 12.6 Å². The third-order valence-corrected chi connectivity index (χ3v) is 5.50. The van der Waals surface area contributed by atoms with Crippen LogP contribution in [0.4, 0.5) is 0 Å². The van der Waals surface area contributed by atoms with E-state index in [9.17, 15) is 0 Å². The smallest absolute Gasteiger partial charge is 0.0408 e. The van der Waals surface area contributed by atoms with Gasteiger partial charge in [0.2, 0.25) is 0 Å². The molecule has 3 unspecified atom stereocenters. The van der Waals surface area contributed by atoms with Gasteiger partial charge in [-0.15, -0.1) is 0 Å². The molecule has 21 heavy (non-hydrogen) atoms. The summed E-state index contributed by atoms with van der Waals surface area (Å²) in [5, 5.41) is 4.66. The number of hydrogen-bond acceptors (Lipinski definition) is 1. The number of nitrogens with one attached hydrogen (secondary N) is 1. The lowest BCUT2D eigenvalue weighted by atomic mass is 9.63. The zero-order valence-electron chi connectivity index (χ0n) is 14.0. The van der Waals surface area contributed by atoms with E-state index in [2.05, 4.69) is 51.2 Å². The van der Waals surface area contributed by atoms with Gasteiger partial charge in [-0.2, -0.15) is 0 Å². The molecule has 0 radical (unpaired) electrons. The van der Waals surface area contributed by atoms with Gasteiger partial charge in [0.15, 0.2) is 0 Å². The lowest BCUT2D eigenvalue weighted by Crippen LogP contribution is -2.48. The summed E-state index contributed by atoms with van der Waals surface area (Å²) in [6.45, 7) is 10.5. The van der Waals surface area contributed by atoms with Crippen LogP contribution in [0.2, 0.25) is 5.02 Å². The highest BCUT2D eigenvalue weighted by atomic mass is 35.5. The molecular formula is C19H30ClN. The molecule has 1 aromatic rings. The molecule has 118 valence electrons.